The lowest BCUT2D eigenvalue weighted by Gasteiger charge is -2.31. The van der Waals surface area contributed by atoms with E-state index in [1.165, 1.54) is 0 Å². The van der Waals surface area contributed by atoms with Crippen LogP contribution < -0.4 is 5.32 Å². The Hall–Kier alpha value is -1.01. The third-order valence-electron chi connectivity index (χ3n) is 3.20. The number of carboxylic acids is 1. The van der Waals surface area contributed by atoms with Gasteiger partial charge in [-0.05, 0) is 18.8 Å². The molecule has 0 radical (unpaired) electrons. The largest absolute Gasteiger partial charge is 0.480 e. The van der Waals surface area contributed by atoms with E-state index in [0.717, 1.165) is 19.3 Å². The fourth-order valence-electron chi connectivity index (χ4n) is 2.43. The Morgan fingerprint density at radius 2 is 2.50 bits per heavy atom. The molecule has 3 heteroatoms. The van der Waals surface area contributed by atoms with Crippen molar-refractivity contribution in [3.05, 3.63) is 0 Å². The zero-order valence-electron chi connectivity index (χ0n) is 8.55. The molecule has 2 N–H and O–H groups in total. The first-order chi connectivity index (χ1) is 6.67. The zero-order chi connectivity index (χ0) is 10.6. The van der Waals surface area contributed by atoms with Crippen LogP contribution in [0.3, 0.4) is 0 Å². The second kappa shape index (κ2) is 4.47. The van der Waals surface area contributed by atoms with Gasteiger partial charge in [0.05, 0.1) is 6.54 Å². The Morgan fingerprint density at radius 3 is 3.00 bits per heavy atom. The normalized spacial score (nSPS) is 31.3. The lowest BCUT2D eigenvalue weighted by molar-refractivity contribution is -0.146. The lowest BCUT2D eigenvalue weighted by Crippen LogP contribution is -2.54. The number of carbonyl (C=O) groups is 1. The van der Waals surface area contributed by atoms with E-state index in [1.54, 1.807) is 0 Å². The molecule has 0 heterocycles. The van der Waals surface area contributed by atoms with Crippen LogP contribution in [0, 0.1) is 18.3 Å². The molecule has 1 fully saturated rings. The topological polar surface area (TPSA) is 49.3 Å². The van der Waals surface area contributed by atoms with Crippen molar-refractivity contribution >= 4 is 5.97 Å². The number of nitrogens with one attached hydrogen (secondary N) is 1. The van der Waals surface area contributed by atoms with Crippen molar-refractivity contribution in [1.29, 1.82) is 0 Å². The van der Waals surface area contributed by atoms with Crippen LogP contribution in [0.5, 0.6) is 0 Å². The van der Waals surface area contributed by atoms with Crippen molar-refractivity contribution in [2.75, 3.05) is 6.54 Å². The first kappa shape index (κ1) is 11.1. The molecular formula is C11H17NO2. The van der Waals surface area contributed by atoms with Gasteiger partial charge in [0.2, 0.25) is 0 Å². The third kappa shape index (κ3) is 1.76. The Kier molecular flexibility index (Phi) is 3.54. The number of terminal acetylenes is 1. The van der Waals surface area contributed by atoms with E-state index in [-0.39, 0.29) is 5.92 Å². The fraction of sp³-hybridized carbons (Fsp3) is 0.727. The fourth-order valence-corrected chi connectivity index (χ4v) is 2.43. The van der Waals surface area contributed by atoms with Crippen molar-refractivity contribution in [2.24, 2.45) is 5.92 Å². The highest BCUT2D eigenvalue weighted by Crippen LogP contribution is 2.37. The molecule has 2 atom stereocenters. The predicted octanol–water partition coefficient (Wildman–Crippen LogP) is 1.24. The average Bonchev–Trinajstić information content (AvgIpc) is 2.58. The standard InChI is InChI=1S/C11H17NO2/c1-3-8-12-11(10(13)14)7-5-6-9(11)4-2/h1,9,12H,4-8H2,2H3,(H,13,14). The summed E-state index contributed by atoms with van der Waals surface area (Å²) in [5, 5.41) is 12.3. The monoisotopic (exact) mass is 195 g/mol. The summed E-state index contributed by atoms with van der Waals surface area (Å²) in [5.41, 5.74) is -0.763. The van der Waals surface area contributed by atoms with E-state index < -0.39 is 11.5 Å². The molecular weight excluding hydrogens is 178 g/mol. The van der Waals surface area contributed by atoms with Crippen molar-refractivity contribution in [3.8, 4) is 12.3 Å². The van der Waals surface area contributed by atoms with Crippen LogP contribution >= 0.6 is 0 Å². The number of hydrogen-bond donors (Lipinski definition) is 2. The Morgan fingerprint density at radius 1 is 1.79 bits per heavy atom. The van der Waals surface area contributed by atoms with Gasteiger partial charge < -0.3 is 5.11 Å². The second-order valence-corrected chi connectivity index (χ2v) is 3.83. The zero-order valence-corrected chi connectivity index (χ0v) is 8.55. The highest BCUT2D eigenvalue weighted by Gasteiger charge is 2.47. The van der Waals surface area contributed by atoms with E-state index in [0.29, 0.717) is 13.0 Å². The van der Waals surface area contributed by atoms with Crippen LogP contribution in [0.25, 0.3) is 0 Å². The minimum Gasteiger partial charge on any atom is -0.480 e. The minimum absolute atomic E-state index is 0.216. The minimum atomic E-state index is -0.763. The van der Waals surface area contributed by atoms with Gasteiger partial charge in [-0.3, -0.25) is 10.1 Å². The molecule has 78 valence electrons. The summed E-state index contributed by atoms with van der Waals surface area (Å²) in [4.78, 5) is 11.3. The third-order valence-corrected chi connectivity index (χ3v) is 3.20. The predicted molar refractivity (Wildman–Crippen MR) is 54.8 cm³/mol. The molecule has 0 aromatic rings. The second-order valence-electron chi connectivity index (χ2n) is 3.83. The highest BCUT2D eigenvalue weighted by atomic mass is 16.4. The van der Waals surface area contributed by atoms with Gasteiger partial charge in [0.25, 0.3) is 0 Å². The lowest BCUT2D eigenvalue weighted by atomic mass is 9.85. The first-order valence-electron chi connectivity index (χ1n) is 5.09. The van der Waals surface area contributed by atoms with Gasteiger partial charge in [-0.1, -0.05) is 25.7 Å². The molecule has 0 aromatic heterocycles. The maximum Gasteiger partial charge on any atom is 0.324 e. The van der Waals surface area contributed by atoms with Crippen molar-refractivity contribution in [2.45, 2.75) is 38.1 Å². The summed E-state index contributed by atoms with van der Waals surface area (Å²) in [6, 6.07) is 0. The summed E-state index contributed by atoms with van der Waals surface area (Å²) in [6.07, 6.45) is 8.70. The van der Waals surface area contributed by atoms with Crippen LogP contribution in [0.4, 0.5) is 0 Å². The van der Waals surface area contributed by atoms with Crippen molar-refractivity contribution in [1.82, 2.24) is 5.32 Å². The highest BCUT2D eigenvalue weighted by molar-refractivity contribution is 5.79. The van der Waals surface area contributed by atoms with Gasteiger partial charge in [-0.25, -0.2) is 0 Å². The molecule has 3 nitrogen and oxygen atoms in total. The van der Waals surface area contributed by atoms with Crippen LogP contribution in [-0.4, -0.2) is 23.2 Å². The summed E-state index contributed by atoms with van der Waals surface area (Å²) in [6.45, 7) is 2.37. The van der Waals surface area contributed by atoms with E-state index in [4.69, 9.17) is 6.42 Å². The average molecular weight is 195 g/mol. The van der Waals surface area contributed by atoms with Crippen LogP contribution in [0.1, 0.15) is 32.6 Å². The van der Waals surface area contributed by atoms with E-state index in [2.05, 4.69) is 11.2 Å². The summed E-state index contributed by atoms with van der Waals surface area (Å²) >= 11 is 0. The molecule has 0 spiro atoms. The Labute approximate surface area is 84.9 Å². The van der Waals surface area contributed by atoms with Crippen LogP contribution in [0.2, 0.25) is 0 Å². The van der Waals surface area contributed by atoms with Gasteiger partial charge in [-0.15, -0.1) is 6.42 Å². The molecule has 0 saturated heterocycles. The maximum atomic E-state index is 11.3. The van der Waals surface area contributed by atoms with E-state index >= 15 is 0 Å². The summed E-state index contributed by atoms with van der Waals surface area (Å²) < 4.78 is 0. The number of rotatable bonds is 4. The van der Waals surface area contributed by atoms with Gasteiger partial charge in [0, 0.05) is 0 Å². The SMILES string of the molecule is C#CCNC1(C(=O)O)CCCC1CC. The first-order valence-corrected chi connectivity index (χ1v) is 5.09. The molecule has 0 aromatic carbocycles. The Balaban J connectivity index is 2.80. The number of carboxylic acid groups (broad SMARTS) is 1. The summed E-state index contributed by atoms with van der Waals surface area (Å²) in [5.74, 6) is 1.91. The maximum absolute atomic E-state index is 11.3. The van der Waals surface area contributed by atoms with Gasteiger partial charge in [-0.2, -0.15) is 0 Å². The van der Waals surface area contributed by atoms with E-state index in [1.807, 2.05) is 6.92 Å². The van der Waals surface area contributed by atoms with Gasteiger partial charge >= 0.3 is 5.97 Å². The number of hydrogen-bond acceptors (Lipinski definition) is 2. The van der Waals surface area contributed by atoms with Crippen LogP contribution in [0.15, 0.2) is 0 Å². The molecule has 1 rings (SSSR count). The van der Waals surface area contributed by atoms with Gasteiger partial charge in [0.15, 0.2) is 0 Å². The molecule has 0 bridgehead atoms. The van der Waals surface area contributed by atoms with E-state index in [9.17, 15) is 9.90 Å². The van der Waals surface area contributed by atoms with Gasteiger partial charge in [0.1, 0.15) is 5.54 Å². The molecule has 2 unspecified atom stereocenters. The van der Waals surface area contributed by atoms with Crippen molar-refractivity contribution < 1.29 is 9.90 Å². The quantitative estimate of drug-likeness (QED) is 0.664. The molecule has 1 aliphatic rings. The molecule has 0 amide bonds. The number of aliphatic carboxylic acids is 1. The Bertz CT molecular complexity index is 257. The molecule has 1 aliphatic carbocycles. The van der Waals surface area contributed by atoms with Crippen molar-refractivity contribution in [3.63, 3.8) is 0 Å². The molecule has 14 heavy (non-hydrogen) atoms. The molecule has 1 saturated carbocycles. The smallest absolute Gasteiger partial charge is 0.324 e. The molecule has 0 aliphatic heterocycles. The van der Waals surface area contributed by atoms with Crippen LogP contribution in [-0.2, 0) is 4.79 Å². The summed E-state index contributed by atoms with van der Waals surface area (Å²) in [7, 11) is 0.